The van der Waals surface area contributed by atoms with E-state index in [-0.39, 0.29) is 17.1 Å². The van der Waals surface area contributed by atoms with Gasteiger partial charge in [-0.05, 0) is 42.8 Å². The number of hydrogen-bond acceptors (Lipinski definition) is 2. The highest BCUT2D eigenvalue weighted by Gasteiger charge is 2.33. The number of nitrogen functional groups attached to an aromatic ring is 1. The number of benzene rings is 2. The van der Waals surface area contributed by atoms with Crippen LogP contribution in [0.1, 0.15) is 11.1 Å². The Hall–Kier alpha value is -2.24. The van der Waals surface area contributed by atoms with Gasteiger partial charge in [0.1, 0.15) is 5.82 Å². The molecule has 2 rings (SSSR count). The summed E-state index contributed by atoms with van der Waals surface area (Å²) in [7, 11) is 0. The first-order chi connectivity index (χ1) is 9.27. The Bertz CT molecular complexity index is 636. The van der Waals surface area contributed by atoms with Crippen LogP contribution < -0.4 is 11.1 Å². The summed E-state index contributed by atoms with van der Waals surface area (Å²) in [6.07, 6.45) is -4.55. The van der Waals surface area contributed by atoms with Crippen molar-refractivity contribution in [2.75, 3.05) is 11.1 Å². The maximum atomic E-state index is 13.6. The Labute approximate surface area is 113 Å². The maximum absolute atomic E-state index is 13.6. The van der Waals surface area contributed by atoms with Crippen molar-refractivity contribution in [2.24, 2.45) is 0 Å². The quantitative estimate of drug-likeness (QED) is 0.630. The van der Waals surface area contributed by atoms with Crippen molar-refractivity contribution in [2.45, 2.75) is 13.1 Å². The highest BCUT2D eigenvalue weighted by Crippen LogP contribution is 2.35. The predicted molar refractivity (Wildman–Crippen MR) is 70.3 cm³/mol. The van der Waals surface area contributed by atoms with Crippen molar-refractivity contribution in [3.8, 4) is 0 Å². The van der Waals surface area contributed by atoms with Crippen LogP contribution in [0.25, 0.3) is 0 Å². The van der Waals surface area contributed by atoms with E-state index < -0.39 is 17.6 Å². The van der Waals surface area contributed by atoms with Gasteiger partial charge in [0.05, 0.1) is 11.3 Å². The molecule has 0 heterocycles. The average Bonchev–Trinajstić information content (AvgIpc) is 2.33. The SMILES string of the molecule is Cc1ccc(Nc2ccc(N)c(C(F)(F)F)c2)c(F)c1. The van der Waals surface area contributed by atoms with E-state index in [0.717, 1.165) is 17.7 Å². The van der Waals surface area contributed by atoms with E-state index in [9.17, 15) is 17.6 Å². The number of rotatable bonds is 2. The van der Waals surface area contributed by atoms with Crippen molar-refractivity contribution < 1.29 is 17.6 Å². The van der Waals surface area contributed by atoms with Gasteiger partial charge in [0.15, 0.2) is 0 Å². The molecule has 0 spiro atoms. The first kappa shape index (κ1) is 14.2. The zero-order valence-corrected chi connectivity index (χ0v) is 10.6. The lowest BCUT2D eigenvalue weighted by Gasteiger charge is -2.13. The lowest BCUT2D eigenvalue weighted by molar-refractivity contribution is -0.136. The van der Waals surface area contributed by atoms with E-state index in [1.807, 2.05) is 0 Å². The molecule has 2 aromatic carbocycles. The van der Waals surface area contributed by atoms with Crippen LogP contribution >= 0.6 is 0 Å². The first-order valence-corrected chi connectivity index (χ1v) is 5.77. The van der Waals surface area contributed by atoms with E-state index in [1.54, 1.807) is 13.0 Å². The third kappa shape index (κ3) is 3.01. The van der Waals surface area contributed by atoms with Crippen LogP contribution in [-0.4, -0.2) is 0 Å². The molecule has 0 fully saturated rings. The summed E-state index contributed by atoms with van der Waals surface area (Å²) >= 11 is 0. The molecule has 0 saturated heterocycles. The van der Waals surface area contributed by atoms with E-state index in [0.29, 0.717) is 0 Å². The minimum Gasteiger partial charge on any atom is -0.398 e. The molecule has 0 bridgehead atoms. The van der Waals surface area contributed by atoms with Crippen molar-refractivity contribution in [1.29, 1.82) is 0 Å². The number of aryl methyl sites for hydroxylation is 1. The van der Waals surface area contributed by atoms with Gasteiger partial charge in [-0.25, -0.2) is 4.39 Å². The summed E-state index contributed by atoms with van der Waals surface area (Å²) in [4.78, 5) is 0. The summed E-state index contributed by atoms with van der Waals surface area (Å²) < 4.78 is 51.8. The van der Waals surface area contributed by atoms with Crippen LogP contribution in [0.4, 0.5) is 34.6 Å². The van der Waals surface area contributed by atoms with Gasteiger partial charge in [-0.1, -0.05) is 6.07 Å². The number of nitrogens with one attached hydrogen (secondary N) is 1. The Morgan fingerprint density at radius 3 is 2.35 bits per heavy atom. The first-order valence-electron chi connectivity index (χ1n) is 5.77. The molecule has 0 aliphatic rings. The van der Waals surface area contributed by atoms with Crippen molar-refractivity contribution in [3.05, 3.63) is 53.3 Å². The molecule has 3 N–H and O–H groups in total. The van der Waals surface area contributed by atoms with Crippen LogP contribution in [0.5, 0.6) is 0 Å². The summed E-state index contributed by atoms with van der Waals surface area (Å²) in [6, 6.07) is 7.78. The minimum atomic E-state index is -4.55. The number of anilines is 3. The monoisotopic (exact) mass is 284 g/mol. The molecular formula is C14H12F4N2. The molecule has 20 heavy (non-hydrogen) atoms. The summed E-state index contributed by atoms with van der Waals surface area (Å²) in [5.74, 6) is -0.532. The third-order valence-electron chi connectivity index (χ3n) is 2.76. The van der Waals surface area contributed by atoms with Crippen molar-refractivity contribution >= 4 is 17.1 Å². The van der Waals surface area contributed by atoms with Gasteiger partial charge in [-0.3, -0.25) is 0 Å². The fourth-order valence-corrected chi connectivity index (χ4v) is 1.76. The normalized spacial score (nSPS) is 11.4. The van der Waals surface area contributed by atoms with Gasteiger partial charge in [-0.15, -0.1) is 0 Å². The molecule has 0 aliphatic heterocycles. The number of hydrogen-bond donors (Lipinski definition) is 2. The third-order valence-corrected chi connectivity index (χ3v) is 2.76. The molecule has 0 amide bonds. The number of alkyl halides is 3. The fraction of sp³-hybridized carbons (Fsp3) is 0.143. The van der Waals surface area contributed by atoms with Crippen molar-refractivity contribution in [1.82, 2.24) is 0 Å². The molecule has 0 aliphatic carbocycles. The molecule has 0 unspecified atom stereocenters. The lowest BCUT2D eigenvalue weighted by atomic mass is 10.1. The molecule has 0 saturated carbocycles. The summed E-state index contributed by atoms with van der Waals surface area (Å²) in [6.45, 7) is 1.72. The van der Waals surface area contributed by atoms with E-state index in [4.69, 9.17) is 5.73 Å². The van der Waals surface area contributed by atoms with Crippen molar-refractivity contribution in [3.63, 3.8) is 0 Å². The predicted octanol–water partition coefficient (Wildman–Crippen LogP) is 4.48. The second-order valence-corrected chi connectivity index (χ2v) is 4.41. The zero-order chi connectivity index (χ0) is 14.9. The van der Waals surface area contributed by atoms with Crippen LogP contribution in [0, 0.1) is 12.7 Å². The number of nitrogens with two attached hydrogens (primary N) is 1. The molecule has 0 atom stereocenters. The molecule has 2 nitrogen and oxygen atoms in total. The van der Waals surface area contributed by atoms with Gasteiger partial charge < -0.3 is 11.1 Å². The standard InChI is InChI=1S/C14H12F4N2/c1-8-2-5-13(11(15)6-8)20-9-3-4-12(19)10(7-9)14(16,17)18/h2-7,20H,19H2,1H3. The van der Waals surface area contributed by atoms with Crippen LogP contribution in [0.15, 0.2) is 36.4 Å². The van der Waals surface area contributed by atoms with Gasteiger partial charge in [0.25, 0.3) is 0 Å². The molecule has 2 aromatic rings. The van der Waals surface area contributed by atoms with E-state index in [1.165, 1.54) is 18.2 Å². The maximum Gasteiger partial charge on any atom is 0.418 e. The Morgan fingerprint density at radius 1 is 1.05 bits per heavy atom. The van der Waals surface area contributed by atoms with Crippen LogP contribution in [0.3, 0.4) is 0 Å². The Morgan fingerprint density at radius 2 is 1.75 bits per heavy atom. The molecular weight excluding hydrogens is 272 g/mol. The lowest BCUT2D eigenvalue weighted by Crippen LogP contribution is -2.09. The summed E-state index contributed by atoms with van der Waals surface area (Å²) in [5.41, 5.74) is 4.93. The number of halogens is 4. The minimum absolute atomic E-state index is 0.105. The zero-order valence-electron chi connectivity index (χ0n) is 10.6. The van der Waals surface area contributed by atoms with Gasteiger partial charge in [0.2, 0.25) is 0 Å². The van der Waals surface area contributed by atoms with Gasteiger partial charge in [0, 0.05) is 11.4 Å². The Kier molecular flexibility index (Phi) is 3.57. The second-order valence-electron chi connectivity index (χ2n) is 4.41. The molecule has 106 valence electrons. The smallest absolute Gasteiger partial charge is 0.398 e. The van der Waals surface area contributed by atoms with E-state index >= 15 is 0 Å². The topological polar surface area (TPSA) is 38.0 Å². The van der Waals surface area contributed by atoms with Crippen LogP contribution in [0.2, 0.25) is 0 Å². The van der Waals surface area contributed by atoms with Gasteiger partial charge in [-0.2, -0.15) is 13.2 Å². The fourth-order valence-electron chi connectivity index (χ4n) is 1.76. The molecule has 6 heteroatoms. The van der Waals surface area contributed by atoms with Gasteiger partial charge >= 0.3 is 6.18 Å². The molecule has 0 radical (unpaired) electrons. The largest absolute Gasteiger partial charge is 0.418 e. The Balaban J connectivity index is 2.35. The highest BCUT2D eigenvalue weighted by molar-refractivity contribution is 5.65. The highest BCUT2D eigenvalue weighted by atomic mass is 19.4. The molecule has 0 aromatic heterocycles. The summed E-state index contributed by atoms with van der Waals surface area (Å²) in [5, 5.41) is 2.61. The van der Waals surface area contributed by atoms with Crippen LogP contribution in [-0.2, 0) is 6.18 Å². The van der Waals surface area contributed by atoms with E-state index in [2.05, 4.69) is 5.32 Å². The second kappa shape index (κ2) is 5.03. The average molecular weight is 284 g/mol.